The van der Waals surface area contributed by atoms with E-state index in [1.54, 1.807) is 0 Å². The lowest BCUT2D eigenvalue weighted by Crippen LogP contribution is -2.25. The number of anilines is 1. The molecule has 4 aromatic carbocycles. The molecule has 1 atom stereocenters. The van der Waals surface area contributed by atoms with Crippen molar-refractivity contribution in [3.63, 3.8) is 0 Å². The van der Waals surface area contributed by atoms with Crippen molar-refractivity contribution in [2.24, 2.45) is 0 Å². The summed E-state index contributed by atoms with van der Waals surface area (Å²) >= 11 is 0. The van der Waals surface area contributed by atoms with Crippen LogP contribution in [0.1, 0.15) is 29.0 Å². The number of aromatic nitrogens is 2. The van der Waals surface area contributed by atoms with Crippen LogP contribution < -0.4 is 5.32 Å². The monoisotopic (exact) mass is 429 g/mol. The highest BCUT2D eigenvalue weighted by Crippen LogP contribution is 2.45. The summed E-state index contributed by atoms with van der Waals surface area (Å²) in [5.74, 6) is 0.675. The van der Waals surface area contributed by atoms with Crippen molar-refractivity contribution < 1.29 is 4.79 Å². The molecule has 33 heavy (non-hydrogen) atoms. The van der Waals surface area contributed by atoms with Crippen molar-refractivity contribution in [1.29, 1.82) is 0 Å². The van der Waals surface area contributed by atoms with Crippen LogP contribution in [0.3, 0.4) is 0 Å². The van der Waals surface area contributed by atoms with Gasteiger partial charge in [-0.25, -0.2) is 4.68 Å². The first kappa shape index (κ1) is 19.5. The average molecular weight is 430 g/mol. The van der Waals surface area contributed by atoms with Gasteiger partial charge in [-0.05, 0) is 35.4 Å². The highest BCUT2D eigenvalue weighted by Gasteiger charge is 2.35. The fourth-order valence-electron chi connectivity index (χ4n) is 4.85. The van der Waals surface area contributed by atoms with Crippen molar-refractivity contribution in [3.05, 3.63) is 114 Å². The first-order chi connectivity index (χ1) is 16.2. The van der Waals surface area contributed by atoms with Gasteiger partial charge in [0.1, 0.15) is 5.82 Å². The zero-order valence-corrected chi connectivity index (χ0v) is 18.3. The Morgan fingerprint density at radius 1 is 0.848 bits per heavy atom. The Morgan fingerprint density at radius 2 is 1.58 bits per heavy atom. The molecule has 160 valence electrons. The highest BCUT2D eigenvalue weighted by molar-refractivity contribution is 5.98. The van der Waals surface area contributed by atoms with E-state index in [9.17, 15) is 4.79 Å². The van der Waals surface area contributed by atoms with Crippen LogP contribution in [0.5, 0.6) is 0 Å². The molecular formula is C29H23N3O. The van der Waals surface area contributed by atoms with Crippen LogP contribution in [0.4, 0.5) is 5.82 Å². The fraction of sp³-hybridized carbons (Fsp3) is 0.103. The molecule has 1 aliphatic heterocycles. The lowest BCUT2D eigenvalue weighted by atomic mass is 9.82. The van der Waals surface area contributed by atoms with Crippen LogP contribution in [-0.2, 0) is 4.79 Å². The zero-order chi connectivity index (χ0) is 22.4. The van der Waals surface area contributed by atoms with Gasteiger partial charge in [0.25, 0.3) is 0 Å². The van der Waals surface area contributed by atoms with Crippen molar-refractivity contribution in [2.45, 2.75) is 19.3 Å². The van der Waals surface area contributed by atoms with Crippen molar-refractivity contribution >= 4 is 22.5 Å². The maximum absolute atomic E-state index is 13.0. The van der Waals surface area contributed by atoms with Crippen molar-refractivity contribution in [1.82, 2.24) is 9.78 Å². The summed E-state index contributed by atoms with van der Waals surface area (Å²) in [6.07, 6.45) is 0.389. The second kappa shape index (κ2) is 7.75. The van der Waals surface area contributed by atoms with Gasteiger partial charge in [-0.2, -0.15) is 5.10 Å². The lowest BCUT2D eigenvalue weighted by Gasteiger charge is -2.26. The van der Waals surface area contributed by atoms with E-state index in [-0.39, 0.29) is 11.8 Å². The normalized spacial score (nSPS) is 15.3. The fourth-order valence-corrected chi connectivity index (χ4v) is 4.85. The minimum atomic E-state index is -0.0887. The zero-order valence-electron chi connectivity index (χ0n) is 18.3. The Bertz CT molecular complexity index is 1480. The number of hydrogen-bond donors (Lipinski definition) is 1. The molecule has 4 nitrogen and oxygen atoms in total. The van der Waals surface area contributed by atoms with Crippen LogP contribution in [0, 0.1) is 6.92 Å². The van der Waals surface area contributed by atoms with Crippen LogP contribution >= 0.6 is 0 Å². The van der Waals surface area contributed by atoms with Crippen LogP contribution in [-0.4, -0.2) is 15.7 Å². The standard InChI is InChI=1S/C29H23N3O/c1-19-14-16-22(17-15-19)32-29-27(28(31-32)21-9-3-2-4-10-21)25(18-26(33)30-29)24-13-7-11-20-8-5-6-12-23(20)24/h2-17,25H,18H2,1H3,(H,30,33). The molecule has 0 saturated carbocycles. The molecule has 0 fully saturated rings. The summed E-state index contributed by atoms with van der Waals surface area (Å²) in [7, 11) is 0. The molecule has 0 aliphatic carbocycles. The van der Waals surface area contributed by atoms with E-state index in [0.29, 0.717) is 6.42 Å². The molecule has 1 aromatic heterocycles. The van der Waals surface area contributed by atoms with E-state index < -0.39 is 0 Å². The van der Waals surface area contributed by atoms with E-state index in [1.807, 2.05) is 35.0 Å². The number of nitrogens with zero attached hydrogens (tertiary/aromatic N) is 2. The summed E-state index contributed by atoms with van der Waals surface area (Å²) in [5, 5.41) is 10.5. The molecule has 1 N–H and O–H groups in total. The number of rotatable bonds is 3. The Labute approximate surface area is 192 Å². The first-order valence-electron chi connectivity index (χ1n) is 11.2. The molecule has 5 aromatic rings. The second-order valence-corrected chi connectivity index (χ2v) is 8.60. The van der Waals surface area contributed by atoms with Crippen LogP contribution in [0.25, 0.3) is 27.7 Å². The Balaban J connectivity index is 1.64. The molecule has 6 rings (SSSR count). The van der Waals surface area contributed by atoms with Crippen LogP contribution in [0.15, 0.2) is 97.1 Å². The van der Waals surface area contributed by atoms with Gasteiger partial charge in [0.05, 0.1) is 11.4 Å². The van der Waals surface area contributed by atoms with E-state index >= 15 is 0 Å². The molecule has 4 heteroatoms. The largest absolute Gasteiger partial charge is 0.310 e. The SMILES string of the molecule is Cc1ccc(-n2nc(-c3ccccc3)c3c2NC(=O)CC3c2cccc3ccccc23)cc1. The molecule has 1 unspecified atom stereocenters. The third-order valence-electron chi connectivity index (χ3n) is 6.44. The van der Waals surface area contributed by atoms with Gasteiger partial charge in [0.15, 0.2) is 0 Å². The molecule has 1 amide bonds. The predicted octanol–water partition coefficient (Wildman–Crippen LogP) is 6.48. The molecule has 0 bridgehead atoms. The number of carbonyl (C=O) groups excluding carboxylic acids is 1. The maximum Gasteiger partial charge on any atom is 0.226 e. The van der Waals surface area contributed by atoms with Gasteiger partial charge in [-0.15, -0.1) is 0 Å². The first-order valence-corrected chi connectivity index (χ1v) is 11.2. The topological polar surface area (TPSA) is 46.9 Å². The number of benzene rings is 4. The summed E-state index contributed by atoms with van der Waals surface area (Å²) in [5.41, 5.74) is 6.28. The summed E-state index contributed by atoms with van der Waals surface area (Å²) in [6, 6.07) is 33.2. The van der Waals surface area contributed by atoms with Crippen LogP contribution in [0.2, 0.25) is 0 Å². The maximum atomic E-state index is 13.0. The number of amides is 1. The Morgan fingerprint density at radius 3 is 2.39 bits per heavy atom. The summed E-state index contributed by atoms with van der Waals surface area (Å²) in [6.45, 7) is 2.07. The smallest absolute Gasteiger partial charge is 0.226 e. The molecule has 0 saturated heterocycles. The Hall–Kier alpha value is -4.18. The molecule has 0 spiro atoms. The molecular weight excluding hydrogens is 406 g/mol. The van der Waals surface area contributed by atoms with Gasteiger partial charge < -0.3 is 5.32 Å². The van der Waals surface area contributed by atoms with E-state index in [4.69, 9.17) is 5.10 Å². The van der Waals surface area contributed by atoms with E-state index in [2.05, 4.69) is 79.0 Å². The number of fused-ring (bicyclic) bond motifs is 2. The van der Waals surface area contributed by atoms with Crippen molar-refractivity contribution in [3.8, 4) is 16.9 Å². The van der Waals surface area contributed by atoms with E-state index in [0.717, 1.165) is 33.9 Å². The van der Waals surface area contributed by atoms with Gasteiger partial charge in [-0.3, -0.25) is 4.79 Å². The third kappa shape index (κ3) is 3.31. The Kier molecular flexibility index (Phi) is 4.58. The average Bonchev–Trinajstić information content (AvgIpc) is 3.23. The molecule has 1 aliphatic rings. The predicted molar refractivity (Wildman–Crippen MR) is 133 cm³/mol. The highest BCUT2D eigenvalue weighted by atomic mass is 16.1. The van der Waals surface area contributed by atoms with Crippen molar-refractivity contribution in [2.75, 3.05) is 5.32 Å². The summed E-state index contributed by atoms with van der Waals surface area (Å²) in [4.78, 5) is 13.0. The van der Waals surface area contributed by atoms with Gasteiger partial charge >= 0.3 is 0 Å². The molecule has 2 heterocycles. The number of carbonyl (C=O) groups is 1. The van der Waals surface area contributed by atoms with Gasteiger partial charge in [0.2, 0.25) is 5.91 Å². The minimum Gasteiger partial charge on any atom is -0.310 e. The lowest BCUT2D eigenvalue weighted by molar-refractivity contribution is -0.116. The number of aryl methyl sites for hydroxylation is 1. The second-order valence-electron chi connectivity index (χ2n) is 8.60. The third-order valence-corrected chi connectivity index (χ3v) is 6.44. The minimum absolute atomic E-state index is 0.00769. The van der Waals surface area contributed by atoms with E-state index in [1.165, 1.54) is 16.3 Å². The summed E-state index contributed by atoms with van der Waals surface area (Å²) < 4.78 is 1.88. The van der Waals surface area contributed by atoms with Gasteiger partial charge in [-0.1, -0.05) is 90.5 Å². The van der Waals surface area contributed by atoms with Gasteiger partial charge in [0, 0.05) is 23.5 Å². The number of hydrogen-bond acceptors (Lipinski definition) is 2. The quantitative estimate of drug-likeness (QED) is 0.357. The molecule has 0 radical (unpaired) electrons. The number of nitrogens with one attached hydrogen (secondary N) is 1.